The first-order valence-corrected chi connectivity index (χ1v) is 9.93. The van der Waals surface area contributed by atoms with Crippen LogP contribution in [0.5, 0.6) is 5.75 Å². The van der Waals surface area contributed by atoms with E-state index in [0.29, 0.717) is 22.9 Å². The lowest BCUT2D eigenvalue weighted by molar-refractivity contribution is 0.0697. The molecule has 0 saturated carbocycles. The molecule has 0 heterocycles. The highest BCUT2D eigenvalue weighted by atomic mass is 79.9. The topological polar surface area (TPSA) is 58.6 Å². The number of halogens is 3. The molecule has 0 spiro atoms. The number of ether oxygens (including phenoxy) is 1. The van der Waals surface area contributed by atoms with Crippen molar-refractivity contribution in [3.8, 4) is 5.75 Å². The van der Waals surface area contributed by atoms with Crippen LogP contribution in [0.2, 0.25) is 5.02 Å². The van der Waals surface area contributed by atoms with E-state index in [-0.39, 0.29) is 12.2 Å². The van der Waals surface area contributed by atoms with Crippen LogP contribution in [0.4, 0.5) is 10.1 Å². The zero-order valence-corrected chi connectivity index (χ0v) is 17.8. The van der Waals surface area contributed by atoms with Crippen LogP contribution in [-0.4, -0.2) is 11.1 Å². The lowest BCUT2D eigenvalue weighted by Crippen LogP contribution is -2.06. The molecule has 0 aromatic heterocycles. The second-order valence-electron chi connectivity index (χ2n) is 6.46. The van der Waals surface area contributed by atoms with Crippen LogP contribution in [0, 0.1) is 12.7 Å². The minimum atomic E-state index is -0.957. The molecule has 0 atom stereocenters. The van der Waals surface area contributed by atoms with Crippen molar-refractivity contribution < 1.29 is 19.0 Å². The second-order valence-corrected chi connectivity index (χ2v) is 7.79. The van der Waals surface area contributed by atoms with E-state index in [4.69, 9.17) is 21.4 Å². The highest BCUT2D eigenvalue weighted by molar-refractivity contribution is 9.10. The van der Waals surface area contributed by atoms with Crippen LogP contribution in [0.1, 0.15) is 27.0 Å². The molecule has 0 aliphatic heterocycles. The predicted octanol–water partition coefficient (Wildman–Crippen LogP) is 6.44. The first-order chi connectivity index (χ1) is 13.8. The highest BCUT2D eigenvalue weighted by Crippen LogP contribution is 2.27. The summed E-state index contributed by atoms with van der Waals surface area (Å²) in [7, 11) is 0. The van der Waals surface area contributed by atoms with Gasteiger partial charge in [0.2, 0.25) is 0 Å². The van der Waals surface area contributed by atoms with Gasteiger partial charge in [-0.2, -0.15) is 0 Å². The molecule has 3 aromatic rings. The number of aryl methyl sites for hydroxylation is 1. The number of aromatic carboxylic acids is 1. The Bertz CT molecular complexity index is 1060. The Labute approximate surface area is 181 Å². The van der Waals surface area contributed by atoms with Gasteiger partial charge in [-0.1, -0.05) is 33.6 Å². The van der Waals surface area contributed by atoms with Crippen LogP contribution in [-0.2, 0) is 13.2 Å². The molecule has 4 nitrogen and oxygen atoms in total. The zero-order chi connectivity index (χ0) is 21.0. The number of carboxylic acid groups (broad SMARTS) is 1. The van der Waals surface area contributed by atoms with Gasteiger partial charge in [0.25, 0.3) is 0 Å². The van der Waals surface area contributed by atoms with Crippen LogP contribution in [0.25, 0.3) is 0 Å². The fraction of sp³-hybridized carbons (Fsp3) is 0.136. The Hall–Kier alpha value is -2.57. The standard InChI is InChI=1S/C22H18BrClFNO3/c1-13-8-14(22(27)28)3-6-20(13)26-11-16-9-17(23)4-7-21(16)29-12-15-2-5-18(25)10-19(15)24/h2-10,26H,11-12H2,1H3,(H,27,28). The summed E-state index contributed by atoms with van der Waals surface area (Å²) in [5.74, 6) is -0.681. The van der Waals surface area contributed by atoms with E-state index in [2.05, 4.69) is 21.2 Å². The molecule has 0 aliphatic carbocycles. The van der Waals surface area contributed by atoms with E-state index < -0.39 is 11.8 Å². The van der Waals surface area contributed by atoms with Crippen molar-refractivity contribution in [2.75, 3.05) is 5.32 Å². The Morgan fingerprint density at radius 2 is 1.93 bits per heavy atom. The third-order valence-electron chi connectivity index (χ3n) is 4.36. The Morgan fingerprint density at radius 3 is 2.62 bits per heavy atom. The lowest BCUT2D eigenvalue weighted by atomic mass is 10.1. The van der Waals surface area contributed by atoms with Crippen molar-refractivity contribution in [2.45, 2.75) is 20.1 Å². The van der Waals surface area contributed by atoms with Gasteiger partial charge in [0.05, 0.1) is 10.6 Å². The first kappa shape index (κ1) is 21.1. The number of carbonyl (C=O) groups is 1. The smallest absolute Gasteiger partial charge is 0.335 e. The maximum Gasteiger partial charge on any atom is 0.335 e. The quantitative estimate of drug-likeness (QED) is 0.410. The second kappa shape index (κ2) is 9.29. The van der Waals surface area contributed by atoms with Gasteiger partial charge in [-0.15, -0.1) is 0 Å². The number of hydrogen-bond donors (Lipinski definition) is 2. The first-order valence-electron chi connectivity index (χ1n) is 8.76. The number of anilines is 1. The molecule has 29 heavy (non-hydrogen) atoms. The van der Waals surface area contributed by atoms with Gasteiger partial charge in [-0.05, 0) is 61.0 Å². The maximum absolute atomic E-state index is 13.2. The molecular formula is C22H18BrClFNO3. The van der Waals surface area contributed by atoms with Gasteiger partial charge in [0.15, 0.2) is 0 Å². The van der Waals surface area contributed by atoms with Crippen molar-refractivity contribution in [2.24, 2.45) is 0 Å². The third kappa shape index (κ3) is 5.49. The van der Waals surface area contributed by atoms with Crippen molar-refractivity contribution in [1.29, 1.82) is 0 Å². The van der Waals surface area contributed by atoms with Crippen molar-refractivity contribution in [1.82, 2.24) is 0 Å². The van der Waals surface area contributed by atoms with Gasteiger partial charge in [0.1, 0.15) is 18.2 Å². The molecule has 150 valence electrons. The van der Waals surface area contributed by atoms with Gasteiger partial charge < -0.3 is 15.2 Å². The van der Waals surface area contributed by atoms with E-state index in [1.54, 1.807) is 24.3 Å². The maximum atomic E-state index is 13.2. The van der Waals surface area contributed by atoms with E-state index in [1.165, 1.54) is 12.1 Å². The van der Waals surface area contributed by atoms with E-state index in [0.717, 1.165) is 21.3 Å². The summed E-state index contributed by atoms with van der Waals surface area (Å²) in [6.07, 6.45) is 0. The van der Waals surface area contributed by atoms with Gasteiger partial charge in [-0.3, -0.25) is 0 Å². The summed E-state index contributed by atoms with van der Waals surface area (Å²) in [6, 6.07) is 14.8. The molecule has 2 N–H and O–H groups in total. The predicted molar refractivity (Wildman–Crippen MR) is 115 cm³/mol. The summed E-state index contributed by atoms with van der Waals surface area (Å²) in [5, 5.41) is 12.7. The van der Waals surface area contributed by atoms with E-state index in [1.807, 2.05) is 25.1 Å². The van der Waals surface area contributed by atoms with Crippen LogP contribution in [0.15, 0.2) is 59.1 Å². The summed E-state index contributed by atoms with van der Waals surface area (Å²) in [5.41, 5.74) is 3.51. The van der Waals surface area contributed by atoms with Gasteiger partial charge in [0, 0.05) is 27.8 Å². The number of benzene rings is 3. The van der Waals surface area contributed by atoms with Crippen molar-refractivity contribution in [3.05, 3.63) is 92.2 Å². The minimum Gasteiger partial charge on any atom is -0.488 e. The minimum absolute atomic E-state index is 0.208. The molecule has 0 amide bonds. The Kier molecular flexibility index (Phi) is 6.77. The van der Waals surface area contributed by atoms with Crippen molar-refractivity contribution >= 4 is 39.2 Å². The molecule has 0 unspecified atom stereocenters. The largest absolute Gasteiger partial charge is 0.488 e. The fourth-order valence-electron chi connectivity index (χ4n) is 2.81. The number of carboxylic acids is 1. The number of rotatable bonds is 7. The SMILES string of the molecule is Cc1cc(C(=O)O)ccc1NCc1cc(Br)ccc1OCc1ccc(F)cc1Cl. The highest BCUT2D eigenvalue weighted by Gasteiger charge is 2.10. The Morgan fingerprint density at radius 1 is 1.14 bits per heavy atom. The summed E-state index contributed by atoms with van der Waals surface area (Å²) >= 11 is 9.54. The molecule has 0 fully saturated rings. The molecule has 0 saturated heterocycles. The molecule has 0 bridgehead atoms. The zero-order valence-electron chi connectivity index (χ0n) is 15.5. The van der Waals surface area contributed by atoms with Crippen LogP contribution < -0.4 is 10.1 Å². The molecule has 3 rings (SSSR count). The normalized spacial score (nSPS) is 10.6. The molecular weight excluding hydrogens is 461 g/mol. The molecule has 7 heteroatoms. The van der Waals surface area contributed by atoms with Gasteiger partial charge in [-0.25, -0.2) is 9.18 Å². The molecule has 0 radical (unpaired) electrons. The number of hydrogen-bond acceptors (Lipinski definition) is 3. The average Bonchev–Trinajstić information content (AvgIpc) is 2.67. The molecule has 3 aromatic carbocycles. The fourth-order valence-corrected chi connectivity index (χ4v) is 3.44. The Balaban J connectivity index is 1.74. The molecule has 0 aliphatic rings. The average molecular weight is 479 g/mol. The summed E-state index contributed by atoms with van der Waals surface area (Å²) in [6.45, 7) is 2.53. The van der Waals surface area contributed by atoms with Crippen molar-refractivity contribution in [3.63, 3.8) is 0 Å². The van der Waals surface area contributed by atoms with E-state index >= 15 is 0 Å². The number of nitrogens with one attached hydrogen (secondary N) is 1. The summed E-state index contributed by atoms with van der Waals surface area (Å²) < 4.78 is 20.0. The summed E-state index contributed by atoms with van der Waals surface area (Å²) in [4.78, 5) is 11.1. The van der Waals surface area contributed by atoms with Crippen LogP contribution in [0.3, 0.4) is 0 Å². The monoisotopic (exact) mass is 477 g/mol. The van der Waals surface area contributed by atoms with E-state index in [9.17, 15) is 9.18 Å². The van der Waals surface area contributed by atoms with Gasteiger partial charge >= 0.3 is 5.97 Å². The lowest BCUT2D eigenvalue weighted by Gasteiger charge is -2.15. The van der Waals surface area contributed by atoms with Crippen LogP contribution >= 0.6 is 27.5 Å². The third-order valence-corrected chi connectivity index (χ3v) is 5.21.